The quantitative estimate of drug-likeness (QED) is 0.658. The predicted octanol–water partition coefficient (Wildman–Crippen LogP) is 3.76. The van der Waals surface area contributed by atoms with Crippen LogP contribution in [0, 0.1) is 0 Å². The van der Waals surface area contributed by atoms with Crippen LogP contribution < -0.4 is 0 Å². The zero-order valence-corrected chi connectivity index (χ0v) is 9.05. The third-order valence-electron chi connectivity index (χ3n) is 2.37. The van der Waals surface area contributed by atoms with Crippen LogP contribution in [0.25, 0.3) is 0 Å². The molecule has 0 atom stereocenters. The Morgan fingerprint density at radius 1 is 1.36 bits per heavy atom. The molecule has 0 radical (unpaired) electrons. The van der Waals surface area contributed by atoms with Crippen LogP contribution in [-0.4, -0.2) is 7.11 Å². The summed E-state index contributed by atoms with van der Waals surface area (Å²) in [7, 11) is 1.74. The number of rotatable bonds is 3. The first-order chi connectivity index (χ1) is 6.83. The maximum absolute atomic E-state index is 5.43. The Bertz CT molecular complexity index is 292. The fourth-order valence-electron chi connectivity index (χ4n) is 1.83. The highest BCUT2D eigenvalue weighted by Crippen LogP contribution is 2.30. The third-order valence-corrected chi connectivity index (χ3v) is 2.37. The molecule has 1 aliphatic rings. The van der Waals surface area contributed by atoms with Gasteiger partial charge in [0.25, 0.3) is 0 Å². The summed E-state index contributed by atoms with van der Waals surface area (Å²) in [4.78, 5) is 0. The summed E-state index contributed by atoms with van der Waals surface area (Å²) in [6.45, 7) is 5.76. The van der Waals surface area contributed by atoms with Crippen molar-refractivity contribution < 1.29 is 4.74 Å². The van der Waals surface area contributed by atoms with E-state index in [1.54, 1.807) is 7.11 Å². The van der Waals surface area contributed by atoms with E-state index in [0.29, 0.717) is 0 Å². The van der Waals surface area contributed by atoms with E-state index in [-0.39, 0.29) is 0 Å². The van der Waals surface area contributed by atoms with E-state index < -0.39 is 0 Å². The number of hydrogen-bond donors (Lipinski definition) is 0. The summed E-state index contributed by atoms with van der Waals surface area (Å²) < 4.78 is 5.43. The SMILES string of the molecule is C=CC=C1CCCC(C=CC)=C1OC. The van der Waals surface area contributed by atoms with Crippen LogP contribution in [0.4, 0.5) is 0 Å². The Morgan fingerprint density at radius 3 is 2.71 bits per heavy atom. The fourth-order valence-corrected chi connectivity index (χ4v) is 1.83. The van der Waals surface area contributed by atoms with Crippen LogP contribution in [0.3, 0.4) is 0 Å². The van der Waals surface area contributed by atoms with Crippen molar-refractivity contribution in [1.29, 1.82) is 0 Å². The maximum atomic E-state index is 5.43. The number of ether oxygens (including phenoxy) is 1. The molecule has 0 unspecified atom stereocenters. The van der Waals surface area contributed by atoms with E-state index in [1.165, 1.54) is 17.6 Å². The first-order valence-electron chi connectivity index (χ1n) is 5.05. The van der Waals surface area contributed by atoms with Gasteiger partial charge in [0.2, 0.25) is 0 Å². The molecule has 14 heavy (non-hydrogen) atoms. The second-order valence-electron chi connectivity index (χ2n) is 3.34. The molecule has 0 amide bonds. The van der Waals surface area contributed by atoms with Crippen LogP contribution in [0.5, 0.6) is 0 Å². The highest BCUT2D eigenvalue weighted by molar-refractivity contribution is 5.40. The lowest BCUT2D eigenvalue weighted by molar-refractivity contribution is 0.288. The lowest BCUT2D eigenvalue weighted by Crippen LogP contribution is -2.03. The average molecular weight is 190 g/mol. The molecule has 76 valence electrons. The van der Waals surface area contributed by atoms with E-state index in [4.69, 9.17) is 4.74 Å². The van der Waals surface area contributed by atoms with Crippen molar-refractivity contribution >= 4 is 0 Å². The van der Waals surface area contributed by atoms with Gasteiger partial charge >= 0.3 is 0 Å². The second-order valence-corrected chi connectivity index (χ2v) is 3.34. The average Bonchev–Trinajstić information content (AvgIpc) is 2.19. The topological polar surface area (TPSA) is 9.23 Å². The van der Waals surface area contributed by atoms with Gasteiger partial charge in [0.1, 0.15) is 5.76 Å². The van der Waals surface area contributed by atoms with E-state index >= 15 is 0 Å². The molecule has 1 rings (SSSR count). The minimum Gasteiger partial charge on any atom is -0.496 e. The van der Waals surface area contributed by atoms with E-state index in [2.05, 4.69) is 18.7 Å². The molecule has 0 bridgehead atoms. The smallest absolute Gasteiger partial charge is 0.125 e. The van der Waals surface area contributed by atoms with Crippen LogP contribution in [0.2, 0.25) is 0 Å². The van der Waals surface area contributed by atoms with E-state index in [0.717, 1.165) is 18.6 Å². The molecule has 0 aromatic rings. The van der Waals surface area contributed by atoms with Crippen molar-refractivity contribution in [2.75, 3.05) is 7.11 Å². The molecule has 0 saturated heterocycles. The van der Waals surface area contributed by atoms with Gasteiger partial charge in [-0.1, -0.05) is 30.9 Å². The monoisotopic (exact) mass is 190 g/mol. The normalized spacial score (nSPS) is 20.6. The number of allylic oxidation sites excluding steroid dienone is 6. The highest BCUT2D eigenvalue weighted by Gasteiger charge is 2.15. The zero-order valence-electron chi connectivity index (χ0n) is 9.05. The highest BCUT2D eigenvalue weighted by atomic mass is 16.5. The Morgan fingerprint density at radius 2 is 2.14 bits per heavy atom. The Kier molecular flexibility index (Phi) is 4.24. The summed E-state index contributed by atoms with van der Waals surface area (Å²) in [5.74, 6) is 1.04. The lowest BCUT2D eigenvalue weighted by atomic mass is 9.92. The summed E-state index contributed by atoms with van der Waals surface area (Å²) in [5.41, 5.74) is 2.57. The van der Waals surface area contributed by atoms with Gasteiger partial charge in [0.05, 0.1) is 7.11 Å². The van der Waals surface area contributed by atoms with Crippen molar-refractivity contribution in [1.82, 2.24) is 0 Å². The van der Waals surface area contributed by atoms with E-state index in [9.17, 15) is 0 Å². The van der Waals surface area contributed by atoms with Crippen molar-refractivity contribution in [3.63, 3.8) is 0 Å². The molecule has 1 aliphatic carbocycles. The van der Waals surface area contributed by atoms with Crippen LogP contribution in [0.15, 0.2) is 47.8 Å². The zero-order chi connectivity index (χ0) is 10.4. The van der Waals surface area contributed by atoms with Gasteiger partial charge in [-0.25, -0.2) is 0 Å². The predicted molar refractivity (Wildman–Crippen MR) is 61.0 cm³/mol. The summed E-state index contributed by atoms with van der Waals surface area (Å²) in [6, 6.07) is 0. The van der Waals surface area contributed by atoms with Gasteiger partial charge in [0.15, 0.2) is 0 Å². The Hall–Kier alpha value is -1.24. The first kappa shape index (κ1) is 10.8. The fraction of sp³-hybridized carbons (Fsp3) is 0.385. The molecule has 0 heterocycles. The molecule has 0 saturated carbocycles. The van der Waals surface area contributed by atoms with Gasteiger partial charge < -0.3 is 4.74 Å². The minimum absolute atomic E-state index is 1.04. The van der Waals surface area contributed by atoms with Crippen LogP contribution in [0.1, 0.15) is 26.2 Å². The summed E-state index contributed by atoms with van der Waals surface area (Å²) in [6.07, 6.45) is 11.5. The summed E-state index contributed by atoms with van der Waals surface area (Å²) >= 11 is 0. The van der Waals surface area contributed by atoms with Gasteiger partial charge in [-0.3, -0.25) is 0 Å². The van der Waals surface area contributed by atoms with Crippen molar-refractivity contribution in [3.8, 4) is 0 Å². The molecule has 1 nitrogen and oxygen atoms in total. The van der Waals surface area contributed by atoms with Gasteiger partial charge in [-0.05, 0) is 37.3 Å². The maximum Gasteiger partial charge on any atom is 0.125 e. The third kappa shape index (κ3) is 2.38. The van der Waals surface area contributed by atoms with Crippen molar-refractivity contribution in [2.45, 2.75) is 26.2 Å². The van der Waals surface area contributed by atoms with Crippen molar-refractivity contribution in [3.05, 3.63) is 47.8 Å². The first-order valence-corrected chi connectivity index (χ1v) is 5.05. The molecule has 0 aromatic carbocycles. The molecular formula is C13H18O. The molecular weight excluding hydrogens is 172 g/mol. The number of hydrogen-bond acceptors (Lipinski definition) is 1. The number of methoxy groups -OCH3 is 1. The molecule has 0 spiro atoms. The van der Waals surface area contributed by atoms with E-state index in [1.807, 2.05) is 19.1 Å². The molecule has 0 aliphatic heterocycles. The molecule has 0 N–H and O–H groups in total. The van der Waals surface area contributed by atoms with Gasteiger partial charge in [0, 0.05) is 0 Å². The van der Waals surface area contributed by atoms with Gasteiger partial charge in [-0.2, -0.15) is 0 Å². The standard InChI is InChI=1S/C13H18O/c1-4-7-11-9-6-10-12(8-5-2)13(11)14-3/h4-5,7-8H,1,6,9-10H2,2-3H3. The van der Waals surface area contributed by atoms with Gasteiger partial charge in [-0.15, -0.1) is 0 Å². The molecule has 0 aromatic heterocycles. The molecule has 0 fully saturated rings. The molecule has 1 heteroatoms. The second kappa shape index (κ2) is 5.48. The van der Waals surface area contributed by atoms with Crippen molar-refractivity contribution in [2.24, 2.45) is 0 Å². The van der Waals surface area contributed by atoms with Crippen LogP contribution in [-0.2, 0) is 4.74 Å². The Labute approximate surface area is 86.5 Å². The largest absolute Gasteiger partial charge is 0.496 e. The summed E-state index contributed by atoms with van der Waals surface area (Å²) in [5, 5.41) is 0. The Balaban J connectivity index is 3.06. The lowest BCUT2D eigenvalue weighted by Gasteiger charge is -2.19. The minimum atomic E-state index is 1.04. The van der Waals surface area contributed by atoms with Crippen LogP contribution >= 0.6 is 0 Å².